The third-order valence-corrected chi connectivity index (χ3v) is 5.01. The van der Waals surface area contributed by atoms with E-state index in [4.69, 9.17) is 0 Å². The number of halogens is 2. The van der Waals surface area contributed by atoms with Crippen LogP contribution in [0.25, 0.3) is 11.1 Å². The van der Waals surface area contributed by atoms with Gasteiger partial charge in [-0.05, 0) is 86.8 Å². The Morgan fingerprint density at radius 2 is 1.62 bits per heavy atom. The quantitative estimate of drug-likeness (QED) is 0.580. The van der Waals surface area contributed by atoms with Gasteiger partial charge in [0.25, 0.3) is 0 Å². The average Bonchev–Trinajstić information content (AvgIpc) is 2.23. The molecule has 2 rings (SSSR count). The van der Waals surface area contributed by atoms with Crippen LogP contribution in [-0.2, 0) is 0 Å². The van der Waals surface area contributed by atoms with Crippen LogP contribution in [0.5, 0.6) is 0 Å². The van der Waals surface area contributed by atoms with Gasteiger partial charge in [-0.2, -0.15) is 0 Å². The lowest BCUT2D eigenvalue weighted by atomic mass is 9.96. The minimum Gasteiger partial charge on any atom is -0.0617 e. The molecule has 0 bridgehead atoms. The molecule has 0 N–H and O–H groups in total. The van der Waals surface area contributed by atoms with Gasteiger partial charge >= 0.3 is 0 Å². The monoisotopic (exact) mass is 386 g/mol. The number of hydrogen-bond acceptors (Lipinski definition) is 0. The van der Waals surface area contributed by atoms with Crippen LogP contribution in [0, 0.1) is 17.4 Å². The first kappa shape index (κ1) is 12.1. The summed E-state index contributed by atoms with van der Waals surface area (Å²) in [5, 5.41) is 0. The fourth-order valence-electron chi connectivity index (χ4n) is 1.92. The second-order valence-corrected chi connectivity index (χ2v) is 5.91. The fraction of sp³-hybridized carbons (Fsp3) is 0.143. The highest BCUT2D eigenvalue weighted by molar-refractivity contribution is 14.1. The first-order valence-electron chi connectivity index (χ1n) is 5.11. The second-order valence-electron chi connectivity index (χ2n) is 3.90. The van der Waals surface area contributed by atoms with Crippen molar-refractivity contribution in [2.24, 2.45) is 0 Å². The second kappa shape index (κ2) is 4.88. The molecule has 2 aromatic rings. The summed E-state index contributed by atoms with van der Waals surface area (Å²) in [6.45, 7) is 4.33. The van der Waals surface area contributed by atoms with E-state index in [0.29, 0.717) is 0 Å². The highest BCUT2D eigenvalue weighted by atomic mass is 127. The first-order chi connectivity index (χ1) is 7.59. The molecule has 0 saturated carbocycles. The van der Waals surface area contributed by atoms with E-state index in [0.717, 1.165) is 4.47 Å². The van der Waals surface area contributed by atoms with Crippen LogP contribution in [0.3, 0.4) is 0 Å². The normalized spacial score (nSPS) is 10.5. The van der Waals surface area contributed by atoms with Crippen LogP contribution in [0.2, 0.25) is 0 Å². The van der Waals surface area contributed by atoms with Gasteiger partial charge in [-0.1, -0.05) is 24.3 Å². The molecule has 0 aliphatic rings. The molecule has 0 amide bonds. The Bertz CT molecular complexity index is 512. The molecule has 0 spiro atoms. The van der Waals surface area contributed by atoms with Crippen molar-refractivity contribution in [3.63, 3.8) is 0 Å². The van der Waals surface area contributed by atoms with Crippen LogP contribution in [-0.4, -0.2) is 0 Å². The van der Waals surface area contributed by atoms with E-state index in [9.17, 15) is 0 Å². The number of aryl methyl sites for hydroxylation is 2. The largest absolute Gasteiger partial charge is 0.0617 e. The number of hydrogen-bond donors (Lipinski definition) is 0. The minimum absolute atomic E-state index is 1.16. The molecule has 0 nitrogen and oxygen atoms in total. The fourth-order valence-corrected chi connectivity index (χ4v) is 2.68. The standard InChI is InChI=1S/C14H12BrI/c1-9-4-3-5-10(2)14(9)11-6-7-12(15)13(16)8-11/h3-8H,1-2H3. The SMILES string of the molecule is Cc1cccc(C)c1-c1ccc(Br)c(I)c1. The van der Waals surface area contributed by atoms with Gasteiger partial charge in [-0.15, -0.1) is 0 Å². The zero-order chi connectivity index (χ0) is 11.7. The molecule has 0 radical (unpaired) electrons. The van der Waals surface area contributed by atoms with Gasteiger partial charge in [0, 0.05) is 8.04 Å². The van der Waals surface area contributed by atoms with E-state index in [1.807, 2.05) is 0 Å². The van der Waals surface area contributed by atoms with E-state index >= 15 is 0 Å². The van der Waals surface area contributed by atoms with Gasteiger partial charge < -0.3 is 0 Å². The Kier molecular flexibility index (Phi) is 3.70. The number of rotatable bonds is 1. The topological polar surface area (TPSA) is 0 Å². The lowest BCUT2D eigenvalue weighted by Crippen LogP contribution is -1.88. The van der Waals surface area contributed by atoms with Crippen molar-refractivity contribution >= 4 is 38.5 Å². The van der Waals surface area contributed by atoms with Gasteiger partial charge in [0.15, 0.2) is 0 Å². The first-order valence-corrected chi connectivity index (χ1v) is 6.98. The van der Waals surface area contributed by atoms with Gasteiger partial charge in [0.1, 0.15) is 0 Å². The molecular weight excluding hydrogens is 375 g/mol. The van der Waals surface area contributed by atoms with Crippen molar-refractivity contribution in [2.45, 2.75) is 13.8 Å². The van der Waals surface area contributed by atoms with Crippen molar-refractivity contribution in [1.29, 1.82) is 0 Å². The Labute approximate surface area is 118 Å². The molecule has 0 aliphatic carbocycles. The summed E-state index contributed by atoms with van der Waals surface area (Å²) < 4.78 is 2.40. The van der Waals surface area contributed by atoms with Crippen molar-refractivity contribution in [1.82, 2.24) is 0 Å². The summed E-state index contributed by atoms with van der Waals surface area (Å²) in [6, 6.07) is 12.9. The molecule has 0 unspecified atom stereocenters. The van der Waals surface area contributed by atoms with Crippen LogP contribution in [0.4, 0.5) is 0 Å². The molecule has 2 heteroatoms. The van der Waals surface area contributed by atoms with Crippen molar-refractivity contribution < 1.29 is 0 Å². The van der Waals surface area contributed by atoms with E-state index < -0.39 is 0 Å². The van der Waals surface area contributed by atoms with E-state index in [1.54, 1.807) is 0 Å². The summed E-state index contributed by atoms with van der Waals surface area (Å²) in [4.78, 5) is 0. The Morgan fingerprint density at radius 1 is 1.00 bits per heavy atom. The summed E-state index contributed by atoms with van der Waals surface area (Å²) >= 11 is 5.88. The Balaban J connectivity index is 2.63. The molecule has 0 saturated heterocycles. The summed E-state index contributed by atoms with van der Waals surface area (Å²) in [6.07, 6.45) is 0. The smallest absolute Gasteiger partial charge is 0.0309 e. The third-order valence-electron chi connectivity index (χ3n) is 2.69. The molecular formula is C14H12BrI. The van der Waals surface area contributed by atoms with Crippen molar-refractivity contribution in [2.75, 3.05) is 0 Å². The molecule has 0 heterocycles. The number of benzene rings is 2. The van der Waals surface area contributed by atoms with Gasteiger partial charge in [0.2, 0.25) is 0 Å². The van der Waals surface area contributed by atoms with E-state index in [1.165, 1.54) is 25.8 Å². The van der Waals surface area contributed by atoms with Crippen molar-refractivity contribution in [3.05, 3.63) is 55.6 Å². The Morgan fingerprint density at radius 3 is 2.19 bits per heavy atom. The predicted molar refractivity (Wildman–Crippen MR) is 81.8 cm³/mol. The summed E-state index contributed by atoms with van der Waals surface area (Å²) in [5.41, 5.74) is 5.31. The van der Waals surface area contributed by atoms with E-state index in [-0.39, 0.29) is 0 Å². The average molecular weight is 387 g/mol. The van der Waals surface area contributed by atoms with Gasteiger partial charge in [0.05, 0.1) is 0 Å². The molecule has 16 heavy (non-hydrogen) atoms. The third kappa shape index (κ3) is 2.33. The molecule has 2 aromatic carbocycles. The Hall–Kier alpha value is -0.350. The summed E-state index contributed by atoms with van der Waals surface area (Å²) in [7, 11) is 0. The van der Waals surface area contributed by atoms with Crippen LogP contribution in [0.15, 0.2) is 40.9 Å². The summed E-state index contributed by atoms with van der Waals surface area (Å²) in [5.74, 6) is 0. The maximum atomic E-state index is 3.53. The van der Waals surface area contributed by atoms with Crippen LogP contribution >= 0.6 is 38.5 Å². The lowest BCUT2D eigenvalue weighted by Gasteiger charge is -2.10. The van der Waals surface area contributed by atoms with Gasteiger partial charge in [-0.25, -0.2) is 0 Å². The zero-order valence-electron chi connectivity index (χ0n) is 9.22. The maximum absolute atomic E-state index is 3.53. The molecule has 0 aliphatic heterocycles. The highest BCUT2D eigenvalue weighted by Crippen LogP contribution is 2.30. The van der Waals surface area contributed by atoms with Crippen LogP contribution < -0.4 is 0 Å². The van der Waals surface area contributed by atoms with Crippen molar-refractivity contribution in [3.8, 4) is 11.1 Å². The highest BCUT2D eigenvalue weighted by Gasteiger charge is 2.06. The minimum atomic E-state index is 1.16. The lowest BCUT2D eigenvalue weighted by molar-refractivity contribution is 1.37. The van der Waals surface area contributed by atoms with Gasteiger partial charge in [-0.3, -0.25) is 0 Å². The van der Waals surface area contributed by atoms with Crippen LogP contribution in [0.1, 0.15) is 11.1 Å². The molecule has 0 aromatic heterocycles. The molecule has 82 valence electrons. The molecule has 0 fully saturated rings. The predicted octanol–water partition coefficient (Wildman–Crippen LogP) is 5.34. The zero-order valence-corrected chi connectivity index (χ0v) is 13.0. The van der Waals surface area contributed by atoms with E-state index in [2.05, 4.69) is 88.8 Å². The molecule has 0 atom stereocenters. The maximum Gasteiger partial charge on any atom is 0.0309 e.